The first-order valence-corrected chi connectivity index (χ1v) is 4.74. The number of benzene rings is 1. The molecule has 0 aliphatic rings. The summed E-state index contributed by atoms with van der Waals surface area (Å²) in [7, 11) is 0. The average Bonchev–Trinajstić information content (AvgIpc) is 2.11. The van der Waals surface area contributed by atoms with Crippen LogP contribution >= 0.6 is 11.8 Å². The number of hydrogen-bond donors (Lipinski definition) is 1. The van der Waals surface area contributed by atoms with Gasteiger partial charge in [0.05, 0.1) is 6.61 Å². The Hall–Kier alpha value is -0.610. The van der Waals surface area contributed by atoms with Gasteiger partial charge in [-0.2, -0.15) is 0 Å². The maximum atomic E-state index is 13.0. The zero-order valence-electron chi connectivity index (χ0n) is 7.13. The molecule has 1 unspecified atom stereocenters. The van der Waals surface area contributed by atoms with Crippen molar-refractivity contribution in [2.24, 2.45) is 0 Å². The third kappa shape index (κ3) is 2.97. The van der Waals surface area contributed by atoms with Crippen molar-refractivity contribution in [2.45, 2.75) is 17.1 Å². The zero-order valence-corrected chi connectivity index (χ0v) is 7.94. The Morgan fingerprint density at radius 1 is 1.46 bits per heavy atom. The van der Waals surface area contributed by atoms with Crippen LogP contribution in [0.25, 0.3) is 0 Å². The SMILES string of the molecule is CC(CO)Sc1cc(F)ccc1F. The maximum Gasteiger partial charge on any atom is 0.136 e. The second-order valence-corrected chi connectivity index (χ2v) is 4.17. The molecule has 0 aliphatic heterocycles. The van der Waals surface area contributed by atoms with Crippen LogP contribution in [0.15, 0.2) is 23.1 Å². The molecule has 1 rings (SSSR count). The molecule has 1 N–H and O–H groups in total. The summed E-state index contributed by atoms with van der Waals surface area (Å²) in [5.74, 6) is -0.916. The monoisotopic (exact) mass is 204 g/mol. The van der Waals surface area contributed by atoms with Crippen molar-refractivity contribution in [3.63, 3.8) is 0 Å². The van der Waals surface area contributed by atoms with Crippen LogP contribution in [0.1, 0.15) is 6.92 Å². The van der Waals surface area contributed by atoms with E-state index < -0.39 is 11.6 Å². The van der Waals surface area contributed by atoms with Crippen LogP contribution in [0, 0.1) is 11.6 Å². The normalized spacial score (nSPS) is 12.9. The Balaban J connectivity index is 2.81. The van der Waals surface area contributed by atoms with Crippen molar-refractivity contribution < 1.29 is 13.9 Å². The van der Waals surface area contributed by atoms with E-state index in [-0.39, 0.29) is 16.8 Å². The quantitative estimate of drug-likeness (QED) is 0.763. The Kier molecular flexibility index (Phi) is 3.69. The highest BCUT2D eigenvalue weighted by atomic mass is 32.2. The fourth-order valence-electron chi connectivity index (χ4n) is 0.822. The van der Waals surface area contributed by atoms with Gasteiger partial charge < -0.3 is 5.11 Å². The van der Waals surface area contributed by atoms with Gasteiger partial charge >= 0.3 is 0 Å². The summed E-state index contributed by atoms with van der Waals surface area (Å²) in [6, 6.07) is 3.29. The molecule has 0 amide bonds. The van der Waals surface area contributed by atoms with Crippen LogP contribution in [0.5, 0.6) is 0 Å². The Morgan fingerprint density at radius 2 is 2.15 bits per heavy atom. The van der Waals surface area contributed by atoms with Gasteiger partial charge in [0.25, 0.3) is 0 Å². The molecule has 1 aromatic rings. The molecule has 0 aliphatic carbocycles. The van der Waals surface area contributed by atoms with Crippen LogP contribution in [0.3, 0.4) is 0 Å². The van der Waals surface area contributed by atoms with E-state index in [1.807, 2.05) is 0 Å². The molecular weight excluding hydrogens is 194 g/mol. The summed E-state index contributed by atoms with van der Waals surface area (Å²) < 4.78 is 25.7. The molecule has 4 heteroatoms. The minimum Gasteiger partial charge on any atom is -0.395 e. The summed E-state index contributed by atoms with van der Waals surface area (Å²) in [6.07, 6.45) is 0. The smallest absolute Gasteiger partial charge is 0.136 e. The second kappa shape index (κ2) is 4.58. The first-order valence-electron chi connectivity index (χ1n) is 3.86. The number of hydrogen-bond acceptors (Lipinski definition) is 2. The fraction of sp³-hybridized carbons (Fsp3) is 0.333. The van der Waals surface area contributed by atoms with E-state index in [4.69, 9.17) is 5.11 Å². The predicted molar refractivity (Wildman–Crippen MR) is 48.8 cm³/mol. The summed E-state index contributed by atoms with van der Waals surface area (Å²) in [5.41, 5.74) is 0. The van der Waals surface area contributed by atoms with Crippen molar-refractivity contribution in [2.75, 3.05) is 6.61 Å². The van der Waals surface area contributed by atoms with Crippen LogP contribution in [0.2, 0.25) is 0 Å². The molecule has 0 saturated carbocycles. The molecule has 0 aromatic heterocycles. The van der Waals surface area contributed by atoms with Crippen LogP contribution in [-0.2, 0) is 0 Å². The van der Waals surface area contributed by atoms with Crippen molar-refractivity contribution in [3.05, 3.63) is 29.8 Å². The predicted octanol–water partition coefficient (Wildman–Crippen LogP) is 2.44. The molecule has 1 aromatic carbocycles. The van der Waals surface area contributed by atoms with E-state index in [2.05, 4.69) is 0 Å². The van der Waals surface area contributed by atoms with Crippen molar-refractivity contribution in [1.82, 2.24) is 0 Å². The van der Waals surface area contributed by atoms with E-state index in [1.165, 1.54) is 0 Å². The molecule has 0 radical (unpaired) electrons. The summed E-state index contributed by atoms with van der Waals surface area (Å²) >= 11 is 1.12. The topological polar surface area (TPSA) is 20.2 Å². The van der Waals surface area contributed by atoms with Gasteiger partial charge in [0, 0.05) is 10.1 Å². The van der Waals surface area contributed by atoms with Gasteiger partial charge in [-0.05, 0) is 18.2 Å². The second-order valence-electron chi connectivity index (χ2n) is 2.69. The number of aliphatic hydroxyl groups is 1. The molecule has 13 heavy (non-hydrogen) atoms. The highest BCUT2D eigenvalue weighted by Gasteiger charge is 2.08. The lowest BCUT2D eigenvalue weighted by Gasteiger charge is -2.07. The lowest BCUT2D eigenvalue weighted by Crippen LogP contribution is -2.02. The van der Waals surface area contributed by atoms with Crippen molar-refractivity contribution in [1.29, 1.82) is 0 Å². The van der Waals surface area contributed by atoms with Gasteiger partial charge in [-0.25, -0.2) is 8.78 Å². The van der Waals surface area contributed by atoms with Crippen LogP contribution < -0.4 is 0 Å². The number of aliphatic hydroxyl groups excluding tert-OH is 1. The van der Waals surface area contributed by atoms with E-state index in [9.17, 15) is 8.78 Å². The summed E-state index contributed by atoms with van der Waals surface area (Å²) in [4.78, 5) is 0.238. The zero-order chi connectivity index (χ0) is 9.84. The Morgan fingerprint density at radius 3 is 2.77 bits per heavy atom. The number of halogens is 2. The molecule has 0 heterocycles. The lowest BCUT2D eigenvalue weighted by atomic mass is 10.3. The van der Waals surface area contributed by atoms with E-state index in [0.29, 0.717) is 0 Å². The molecule has 0 spiro atoms. The molecule has 0 saturated heterocycles. The Labute approximate surface area is 79.8 Å². The van der Waals surface area contributed by atoms with E-state index >= 15 is 0 Å². The minimum atomic E-state index is -0.464. The van der Waals surface area contributed by atoms with Gasteiger partial charge in [-0.3, -0.25) is 0 Å². The summed E-state index contributed by atoms with van der Waals surface area (Å²) in [5, 5.41) is 8.59. The average molecular weight is 204 g/mol. The first kappa shape index (κ1) is 10.5. The van der Waals surface area contributed by atoms with Gasteiger partial charge in [0.2, 0.25) is 0 Å². The van der Waals surface area contributed by atoms with E-state index in [1.54, 1.807) is 6.92 Å². The van der Waals surface area contributed by atoms with Gasteiger partial charge in [0.15, 0.2) is 0 Å². The van der Waals surface area contributed by atoms with Gasteiger partial charge in [0.1, 0.15) is 11.6 Å². The largest absolute Gasteiger partial charge is 0.395 e. The molecule has 0 bridgehead atoms. The fourth-order valence-corrected chi connectivity index (χ4v) is 1.69. The van der Waals surface area contributed by atoms with E-state index in [0.717, 1.165) is 30.0 Å². The third-order valence-electron chi connectivity index (χ3n) is 1.48. The van der Waals surface area contributed by atoms with Gasteiger partial charge in [-0.1, -0.05) is 6.92 Å². The first-order chi connectivity index (χ1) is 6.13. The highest BCUT2D eigenvalue weighted by Crippen LogP contribution is 2.26. The van der Waals surface area contributed by atoms with Crippen LogP contribution in [0.4, 0.5) is 8.78 Å². The molecule has 1 atom stereocenters. The Bertz CT molecular complexity index is 291. The molecule has 72 valence electrons. The van der Waals surface area contributed by atoms with Crippen LogP contribution in [-0.4, -0.2) is 17.0 Å². The van der Waals surface area contributed by atoms with Crippen molar-refractivity contribution in [3.8, 4) is 0 Å². The van der Waals surface area contributed by atoms with Gasteiger partial charge in [-0.15, -0.1) is 11.8 Å². The maximum absolute atomic E-state index is 13.0. The molecule has 1 nitrogen and oxygen atoms in total. The summed E-state index contributed by atoms with van der Waals surface area (Å²) in [6.45, 7) is 1.69. The van der Waals surface area contributed by atoms with Crippen molar-refractivity contribution >= 4 is 11.8 Å². The lowest BCUT2D eigenvalue weighted by molar-refractivity contribution is 0.300. The number of rotatable bonds is 3. The third-order valence-corrected chi connectivity index (χ3v) is 2.60. The molecular formula is C9H10F2OS. The minimum absolute atomic E-state index is 0.0549. The highest BCUT2D eigenvalue weighted by molar-refractivity contribution is 8.00. The standard InChI is InChI=1S/C9H10F2OS/c1-6(5-12)13-9-4-7(10)2-3-8(9)11/h2-4,6,12H,5H2,1H3. The molecule has 0 fully saturated rings. The number of thioether (sulfide) groups is 1.